The Morgan fingerprint density at radius 3 is 2.44 bits per heavy atom. The lowest BCUT2D eigenvalue weighted by Gasteiger charge is -1.90. The highest BCUT2D eigenvalue weighted by molar-refractivity contribution is 7.89. The van der Waals surface area contributed by atoms with Gasteiger partial charge in [0.2, 0.25) is 10.0 Å². The Kier molecular flexibility index (Phi) is 6.61. The number of H-pyrrole nitrogens is 1. The average Bonchev–Trinajstić information content (AvgIpc) is 2.81. The van der Waals surface area contributed by atoms with Crippen molar-refractivity contribution in [3.05, 3.63) is 31.7 Å². The molecule has 18 heavy (non-hydrogen) atoms. The maximum atomic E-state index is 9.78. The third kappa shape index (κ3) is 5.41. The number of anilines is 1. The van der Waals surface area contributed by atoms with Gasteiger partial charge in [0, 0.05) is 7.62 Å². The van der Waals surface area contributed by atoms with Crippen LogP contribution in [0.1, 0.15) is 8.35 Å². The van der Waals surface area contributed by atoms with Crippen molar-refractivity contribution in [3.8, 4) is 0 Å². The van der Waals surface area contributed by atoms with Crippen molar-refractivity contribution in [3.63, 3.8) is 0 Å². The van der Waals surface area contributed by atoms with Crippen LogP contribution in [0.25, 0.3) is 11.0 Å². The van der Waals surface area contributed by atoms with E-state index in [1.165, 1.54) is 13.3 Å². The number of nitrogens with two attached hydrogens (primary N) is 2. The summed E-state index contributed by atoms with van der Waals surface area (Å²) in [6, 6.07) is 1.85. The lowest BCUT2D eigenvalue weighted by Crippen LogP contribution is -2.13. The molecular weight excluding hydrogens is 254 g/mol. The number of hydrogen-bond acceptors (Lipinski definition) is 5. The van der Waals surface area contributed by atoms with Gasteiger partial charge in [-0.05, 0) is 13.0 Å². The van der Waals surface area contributed by atoms with Crippen LogP contribution in [-0.2, 0) is 10.0 Å². The molecule has 0 unspecified atom stereocenters. The molecule has 0 radical (unpaired) electrons. The van der Waals surface area contributed by atoms with Gasteiger partial charge >= 0.3 is 0 Å². The Bertz CT molecular complexity index is 584. The molecule has 0 aromatic carbocycles. The SMILES string of the molecule is C=C.CCS(N)(=O)=O.Nc1ncnc2cc[nH]c12.[HH]. The molecule has 2 aromatic rings. The molecule has 0 bridgehead atoms. The molecule has 0 aliphatic rings. The Labute approximate surface area is 107 Å². The van der Waals surface area contributed by atoms with Crippen LogP contribution < -0.4 is 10.9 Å². The smallest absolute Gasteiger partial charge is 0.208 e. The highest BCUT2D eigenvalue weighted by atomic mass is 32.2. The van der Waals surface area contributed by atoms with Gasteiger partial charge in [0.05, 0.1) is 11.3 Å². The van der Waals surface area contributed by atoms with Gasteiger partial charge < -0.3 is 10.7 Å². The van der Waals surface area contributed by atoms with E-state index < -0.39 is 10.0 Å². The zero-order chi connectivity index (χ0) is 14.2. The van der Waals surface area contributed by atoms with Crippen molar-refractivity contribution >= 4 is 26.9 Å². The molecule has 2 rings (SSSR count). The monoisotopic (exact) mass is 273 g/mol. The van der Waals surface area contributed by atoms with Crippen LogP contribution in [0.15, 0.2) is 31.7 Å². The molecule has 2 heterocycles. The van der Waals surface area contributed by atoms with E-state index in [4.69, 9.17) is 5.73 Å². The van der Waals surface area contributed by atoms with Crippen LogP contribution in [0.3, 0.4) is 0 Å². The summed E-state index contributed by atoms with van der Waals surface area (Å²) in [5.74, 6) is 0.516. The van der Waals surface area contributed by atoms with Crippen molar-refractivity contribution in [2.75, 3.05) is 11.5 Å². The van der Waals surface area contributed by atoms with Gasteiger partial charge in [-0.3, -0.25) is 0 Å². The van der Waals surface area contributed by atoms with E-state index in [0.29, 0.717) is 5.82 Å². The number of aromatic amines is 1. The van der Waals surface area contributed by atoms with Crippen LogP contribution in [0, 0.1) is 0 Å². The lowest BCUT2D eigenvalue weighted by molar-refractivity contribution is 0.599. The van der Waals surface area contributed by atoms with Gasteiger partial charge in [0.15, 0.2) is 5.82 Å². The minimum atomic E-state index is -3.16. The summed E-state index contributed by atoms with van der Waals surface area (Å²) < 4.78 is 19.6. The summed E-state index contributed by atoms with van der Waals surface area (Å²) in [5, 5.41) is 4.51. The van der Waals surface area contributed by atoms with E-state index in [9.17, 15) is 8.42 Å². The molecule has 0 saturated carbocycles. The third-order valence-electron chi connectivity index (χ3n) is 1.78. The number of nitrogens with zero attached hydrogens (tertiary/aromatic N) is 2. The number of primary sulfonamides is 1. The third-order valence-corrected chi connectivity index (χ3v) is 2.58. The van der Waals surface area contributed by atoms with Crippen molar-refractivity contribution < 1.29 is 9.84 Å². The van der Waals surface area contributed by atoms with Crippen LogP contribution in [0.4, 0.5) is 5.82 Å². The fraction of sp³-hybridized carbons (Fsp3) is 0.200. The molecule has 8 heteroatoms. The summed E-state index contributed by atoms with van der Waals surface area (Å²) in [4.78, 5) is 10.7. The lowest BCUT2D eigenvalue weighted by atomic mass is 10.4. The Hall–Kier alpha value is -1.93. The first kappa shape index (κ1) is 16.1. The Morgan fingerprint density at radius 2 is 2.00 bits per heavy atom. The molecular formula is C10H19N5O2S. The Balaban J connectivity index is 0. The standard InChI is InChI=1S/C6H6N4.C2H7NO2S.C2H4.H2/c7-6-5-4(1-2-8-5)9-3-10-6;1-2-6(3,4)5;1-2;/h1-3,8H,(H2,7,9,10);2H2,1H3,(H2,3,4,5);1-2H2;1H. The molecule has 102 valence electrons. The number of nitrogen functional groups attached to an aromatic ring is 1. The van der Waals surface area contributed by atoms with Crippen LogP contribution in [-0.4, -0.2) is 29.1 Å². The topological polar surface area (TPSA) is 128 Å². The van der Waals surface area contributed by atoms with Crippen molar-refractivity contribution in [2.24, 2.45) is 5.14 Å². The van der Waals surface area contributed by atoms with Gasteiger partial charge in [-0.25, -0.2) is 23.5 Å². The van der Waals surface area contributed by atoms with Crippen molar-refractivity contribution in [1.29, 1.82) is 0 Å². The molecule has 0 saturated heterocycles. The molecule has 0 aliphatic carbocycles. The molecule has 2 aromatic heterocycles. The van der Waals surface area contributed by atoms with Crippen molar-refractivity contribution in [1.82, 2.24) is 15.0 Å². The number of aromatic nitrogens is 3. The van der Waals surface area contributed by atoms with Gasteiger partial charge in [-0.1, -0.05) is 0 Å². The van der Waals surface area contributed by atoms with Crippen molar-refractivity contribution in [2.45, 2.75) is 6.92 Å². The quantitative estimate of drug-likeness (QED) is 0.664. The molecule has 0 spiro atoms. The van der Waals surface area contributed by atoms with E-state index in [1.807, 2.05) is 6.07 Å². The second-order valence-electron chi connectivity index (χ2n) is 2.95. The fourth-order valence-corrected chi connectivity index (χ4v) is 0.892. The summed E-state index contributed by atoms with van der Waals surface area (Å²) in [6.45, 7) is 7.50. The second-order valence-corrected chi connectivity index (χ2v) is 4.85. The largest absolute Gasteiger partial charge is 0.382 e. The predicted octanol–water partition coefficient (Wildman–Crippen LogP) is 0.883. The summed E-state index contributed by atoms with van der Waals surface area (Å²) in [6.07, 6.45) is 3.24. The van der Waals surface area contributed by atoms with Crippen LogP contribution >= 0.6 is 0 Å². The first-order chi connectivity index (χ1) is 8.44. The summed E-state index contributed by atoms with van der Waals surface area (Å²) >= 11 is 0. The minimum absolute atomic E-state index is 0. The fourth-order valence-electron chi connectivity index (χ4n) is 0.892. The van der Waals surface area contributed by atoms with Gasteiger partial charge in [-0.2, -0.15) is 0 Å². The molecule has 0 fully saturated rings. The molecule has 0 atom stereocenters. The van der Waals surface area contributed by atoms with Gasteiger partial charge in [0.1, 0.15) is 11.8 Å². The highest BCUT2D eigenvalue weighted by Gasteiger charge is 1.97. The van der Waals surface area contributed by atoms with Gasteiger partial charge in [-0.15, -0.1) is 13.2 Å². The Morgan fingerprint density at radius 1 is 1.44 bits per heavy atom. The zero-order valence-electron chi connectivity index (χ0n) is 10.1. The van der Waals surface area contributed by atoms with E-state index in [2.05, 4.69) is 33.2 Å². The van der Waals surface area contributed by atoms with Crippen LogP contribution in [0.2, 0.25) is 0 Å². The zero-order valence-corrected chi connectivity index (χ0v) is 10.9. The maximum absolute atomic E-state index is 9.78. The number of fused-ring (bicyclic) bond motifs is 1. The molecule has 7 nitrogen and oxygen atoms in total. The molecule has 0 aliphatic heterocycles. The number of hydrogen-bond donors (Lipinski definition) is 3. The number of nitrogens with one attached hydrogen (secondary N) is 1. The van der Waals surface area contributed by atoms with Gasteiger partial charge in [0.25, 0.3) is 0 Å². The second kappa shape index (κ2) is 7.41. The van der Waals surface area contributed by atoms with E-state index >= 15 is 0 Å². The van der Waals surface area contributed by atoms with E-state index in [1.54, 1.807) is 6.20 Å². The average molecular weight is 273 g/mol. The first-order valence-electron chi connectivity index (χ1n) is 4.98. The maximum Gasteiger partial charge on any atom is 0.208 e. The number of sulfonamides is 1. The minimum Gasteiger partial charge on any atom is -0.382 e. The highest BCUT2D eigenvalue weighted by Crippen LogP contribution is 2.12. The van der Waals surface area contributed by atoms with Crippen LogP contribution in [0.5, 0.6) is 0 Å². The predicted molar refractivity (Wildman–Crippen MR) is 75.3 cm³/mol. The van der Waals surface area contributed by atoms with E-state index in [-0.39, 0.29) is 7.18 Å². The van der Waals surface area contributed by atoms with E-state index in [0.717, 1.165) is 11.0 Å². The first-order valence-corrected chi connectivity index (χ1v) is 6.69. The summed E-state index contributed by atoms with van der Waals surface area (Å²) in [7, 11) is -3.16. The normalized spacial score (nSPS) is 9.89. The molecule has 5 N–H and O–H groups in total. The summed E-state index contributed by atoms with van der Waals surface area (Å²) in [5.41, 5.74) is 7.18. The number of rotatable bonds is 1. The molecule has 0 amide bonds.